The monoisotopic (exact) mass is 297 g/mol. The Morgan fingerprint density at radius 2 is 1.77 bits per heavy atom. The topological polar surface area (TPSA) is 82.7 Å². The van der Waals surface area contributed by atoms with Crippen molar-refractivity contribution in [1.82, 2.24) is 4.57 Å². The summed E-state index contributed by atoms with van der Waals surface area (Å²) in [7, 11) is 1.74. The molecule has 5 heteroatoms. The van der Waals surface area contributed by atoms with Crippen LogP contribution in [0.3, 0.4) is 0 Å². The van der Waals surface area contributed by atoms with Gasteiger partial charge < -0.3 is 19.9 Å². The summed E-state index contributed by atoms with van der Waals surface area (Å²) in [6.07, 6.45) is -0.100. The smallest absolute Gasteiger partial charge is 0.309 e. The van der Waals surface area contributed by atoms with Gasteiger partial charge in [-0.1, -0.05) is 24.3 Å². The lowest BCUT2D eigenvalue weighted by atomic mass is 10.0. The molecule has 3 aromatic rings. The molecule has 0 aliphatic heterocycles. The van der Waals surface area contributed by atoms with Crippen molar-refractivity contribution in [1.29, 1.82) is 0 Å². The quantitative estimate of drug-likeness (QED) is 0.649. The van der Waals surface area contributed by atoms with Gasteiger partial charge >= 0.3 is 5.97 Å². The van der Waals surface area contributed by atoms with Crippen LogP contribution in [0.5, 0.6) is 11.5 Å². The number of carbonyl (C=O) groups is 1. The number of phenols is 2. The molecule has 1 heterocycles. The summed E-state index contributed by atoms with van der Waals surface area (Å²) >= 11 is 0. The van der Waals surface area contributed by atoms with E-state index in [0.29, 0.717) is 27.7 Å². The van der Waals surface area contributed by atoms with Gasteiger partial charge in [-0.15, -0.1) is 0 Å². The first kappa shape index (κ1) is 14.0. The second-order valence-corrected chi connectivity index (χ2v) is 5.18. The zero-order valence-electron chi connectivity index (χ0n) is 11.9. The van der Waals surface area contributed by atoms with Crippen LogP contribution in [0.25, 0.3) is 22.0 Å². The first-order valence-electron chi connectivity index (χ1n) is 6.79. The van der Waals surface area contributed by atoms with Crippen LogP contribution in [0.1, 0.15) is 5.69 Å². The van der Waals surface area contributed by atoms with Crippen molar-refractivity contribution < 1.29 is 20.1 Å². The van der Waals surface area contributed by atoms with Crippen LogP contribution in [0.2, 0.25) is 0 Å². The number of hydrogen-bond donors (Lipinski definition) is 3. The van der Waals surface area contributed by atoms with E-state index < -0.39 is 5.97 Å². The molecule has 0 fully saturated rings. The molecule has 0 amide bonds. The molecule has 1 aromatic heterocycles. The average Bonchev–Trinajstić information content (AvgIpc) is 2.84. The molecule has 0 radical (unpaired) electrons. The van der Waals surface area contributed by atoms with Crippen LogP contribution >= 0.6 is 0 Å². The number of fused-ring (bicyclic) bond motifs is 1. The normalized spacial score (nSPS) is 11.0. The van der Waals surface area contributed by atoms with E-state index in [2.05, 4.69) is 0 Å². The molecular weight excluding hydrogens is 282 g/mol. The van der Waals surface area contributed by atoms with E-state index in [0.717, 1.165) is 0 Å². The summed E-state index contributed by atoms with van der Waals surface area (Å²) in [5.41, 5.74) is 1.74. The fourth-order valence-corrected chi connectivity index (χ4v) is 2.69. The number of rotatable bonds is 3. The number of phenolic OH excluding ortho intramolecular Hbond substituents is 2. The lowest BCUT2D eigenvalue weighted by Gasteiger charge is -2.12. The number of carboxylic acids is 1. The highest BCUT2D eigenvalue weighted by atomic mass is 16.4. The number of benzene rings is 2. The number of aromatic hydroxyl groups is 2. The molecule has 0 unspecified atom stereocenters. The number of aromatic nitrogens is 1. The molecule has 112 valence electrons. The Bertz CT molecular complexity index is 880. The van der Waals surface area contributed by atoms with Crippen LogP contribution < -0.4 is 0 Å². The standard InChI is InChI=1S/C17H15NO4/c1-18-10(8-16(20)21)6-7-14(18)13-9-15(19)11-4-2-3-5-12(11)17(13)22/h2-7,9,19,22H,8H2,1H3,(H,20,21). The Labute approximate surface area is 126 Å². The number of aliphatic carboxylic acids is 1. The molecular formula is C17H15NO4. The zero-order chi connectivity index (χ0) is 15.9. The molecule has 5 nitrogen and oxygen atoms in total. The largest absolute Gasteiger partial charge is 0.507 e. The molecule has 2 aromatic carbocycles. The Balaban J connectivity index is 2.21. The van der Waals surface area contributed by atoms with Gasteiger partial charge in [-0.3, -0.25) is 4.79 Å². The maximum absolute atomic E-state index is 10.9. The second kappa shape index (κ2) is 5.11. The number of hydrogen-bond acceptors (Lipinski definition) is 3. The van der Waals surface area contributed by atoms with Gasteiger partial charge in [0.1, 0.15) is 11.5 Å². The Morgan fingerprint density at radius 1 is 1.09 bits per heavy atom. The summed E-state index contributed by atoms with van der Waals surface area (Å²) in [5.74, 6) is -0.779. The van der Waals surface area contributed by atoms with Crippen molar-refractivity contribution in [2.45, 2.75) is 6.42 Å². The van der Waals surface area contributed by atoms with Crippen LogP contribution in [0.4, 0.5) is 0 Å². The minimum Gasteiger partial charge on any atom is -0.507 e. The summed E-state index contributed by atoms with van der Waals surface area (Å²) in [5, 5.41) is 30.7. The van der Waals surface area contributed by atoms with Crippen molar-refractivity contribution in [3.05, 3.63) is 48.2 Å². The third-order valence-electron chi connectivity index (χ3n) is 3.83. The van der Waals surface area contributed by atoms with Gasteiger partial charge in [0.25, 0.3) is 0 Å². The fraction of sp³-hybridized carbons (Fsp3) is 0.118. The highest BCUT2D eigenvalue weighted by Gasteiger charge is 2.16. The lowest BCUT2D eigenvalue weighted by molar-refractivity contribution is -0.136. The van der Waals surface area contributed by atoms with Crippen molar-refractivity contribution in [2.75, 3.05) is 0 Å². The Hall–Kier alpha value is -2.95. The zero-order valence-corrected chi connectivity index (χ0v) is 11.9. The van der Waals surface area contributed by atoms with E-state index >= 15 is 0 Å². The van der Waals surface area contributed by atoms with Crippen molar-refractivity contribution in [2.24, 2.45) is 7.05 Å². The van der Waals surface area contributed by atoms with E-state index in [1.54, 1.807) is 48.0 Å². The van der Waals surface area contributed by atoms with Crippen molar-refractivity contribution in [3.63, 3.8) is 0 Å². The van der Waals surface area contributed by atoms with E-state index in [9.17, 15) is 15.0 Å². The molecule has 3 N–H and O–H groups in total. The number of nitrogens with zero attached hydrogens (tertiary/aromatic N) is 1. The summed E-state index contributed by atoms with van der Waals surface area (Å²) < 4.78 is 1.71. The minimum atomic E-state index is -0.918. The minimum absolute atomic E-state index is 0.0662. The predicted octanol–water partition coefficient (Wildman–Crippen LogP) is 2.88. The van der Waals surface area contributed by atoms with E-state index in [1.165, 1.54) is 6.07 Å². The third kappa shape index (κ3) is 2.16. The van der Waals surface area contributed by atoms with E-state index in [-0.39, 0.29) is 17.9 Å². The number of carboxylic acid groups (broad SMARTS) is 1. The molecule has 0 bridgehead atoms. The molecule has 0 saturated carbocycles. The van der Waals surface area contributed by atoms with Gasteiger partial charge in [0.05, 0.1) is 12.1 Å². The highest BCUT2D eigenvalue weighted by Crippen LogP contribution is 2.40. The van der Waals surface area contributed by atoms with Crippen LogP contribution in [-0.2, 0) is 18.3 Å². The van der Waals surface area contributed by atoms with Crippen molar-refractivity contribution >= 4 is 16.7 Å². The average molecular weight is 297 g/mol. The van der Waals surface area contributed by atoms with E-state index in [1.807, 2.05) is 0 Å². The third-order valence-corrected chi connectivity index (χ3v) is 3.83. The Kier molecular flexibility index (Phi) is 3.25. The molecule has 0 spiro atoms. The van der Waals surface area contributed by atoms with Gasteiger partial charge in [0.15, 0.2) is 0 Å². The van der Waals surface area contributed by atoms with Crippen LogP contribution in [-0.4, -0.2) is 25.9 Å². The summed E-state index contributed by atoms with van der Waals surface area (Å²) in [4.78, 5) is 10.9. The molecule has 0 atom stereocenters. The van der Waals surface area contributed by atoms with Gasteiger partial charge in [-0.25, -0.2) is 0 Å². The fourth-order valence-electron chi connectivity index (χ4n) is 2.69. The van der Waals surface area contributed by atoms with Gasteiger partial charge in [-0.05, 0) is 18.2 Å². The first-order valence-corrected chi connectivity index (χ1v) is 6.79. The van der Waals surface area contributed by atoms with Crippen LogP contribution in [0, 0.1) is 0 Å². The van der Waals surface area contributed by atoms with Gasteiger partial charge in [0, 0.05) is 29.1 Å². The lowest BCUT2D eigenvalue weighted by Crippen LogP contribution is -2.05. The molecule has 3 rings (SSSR count). The van der Waals surface area contributed by atoms with E-state index in [4.69, 9.17) is 5.11 Å². The first-order chi connectivity index (χ1) is 10.5. The van der Waals surface area contributed by atoms with Crippen molar-refractivity contribution in [3.8, 4) is 22.8 Å². The van der Waals surface area contributed by atoms with Gasteiger partial charge in [0.2, 0.25) is 0 Å². The maximum atomic E-state index is 10.9. The molecule has 0 aliphatic carbocycles. The van der Waals surface area contributed by atoms with Gasteiger partial charge in [-0.2, -0.15) is 0 Å². The summed E-state index contributed by atoms with van der Waals surface area (Å²) in [6.45, 7) is 0. The van der Waals surface area contributed by atoms with Crippen LogP contribution in [0.15, 0.2) is 42.5 Å². The molecule has 0 saturated heterocycles. The molecule has 0 aliphatic rings. The Morgan fingerprint density at radius 3 is 2.45 bits per heavy atom. The SMILES string of the molecule is Cn1c(CC(=O)O)ccc1-c1cc(O)c2ccccc2c1O. The maximum Gasteiger partial charge on any atom is 0.309 e. The summed E-state index contributed by atoms with van der Waals surface area (Å²) in [6, 6.07) is 12.0. The highest BCUT2D eigenvalue weighted by molar-refractivity contribution is 5.98. The second-order valence-electron chi connectivity index (χ2n) is 5.18. The predicted molar refractivity (Wildman–Crippen MR) is 83.0 cm³/mol. The molecule has 22 heavy (non-hydrogen) atoms.